The summed E-state index contributed by atoms with van der Waals surface area (Å²) in [6.45, 7) is 1.23. The molecule has 2 atom stereocenters. The van der Waals surface area contributed by atoms with E-state index in [9.17, 15) is 14.4 Å². The van der Waals surface area contributed by atoms with Gasteiger partial charge >= 0.3 is 5.97 Å². The minimum atomic E-state index is -1.20. The molecule has 1 aromatic carbocycles. The van der Waals surface area contributed by atoms with Crippen LogP contribution < -0.4 is 10.6 Å². The third kappa shape index (κ3) is 5.38. The van der Waals surface area contributed by atoms with Crippen LogP contribution in [-0.2, 0) is 14.3 Å². The monoisotopic (exact) mass is 362 g/mol. The van der Waals surface area contributed by atoms with Crippen LogP contribution in [0.3, 0.4) is 0 Å². The Balaban J connectivity index is 2.62. The van der Waals surface area contributed by atoms with E-state index in [-0.39, 0.29) is 22.2 Å². The number of carboxylic acids is 1. The highest BCUT2D eigenvalue weighted by atomic mass is 35.5. The lowest BCUT2D eigenvalue weighted by Crippen LogP contribution is -2.48. The van der Waals surface area contributed by atoms with E-state index in [1.165, 1.54) is 26.2 Å². The van der Waals surface area contributed by atoms with Crippen molar-refractivity contribution in [3.8, 4) is 0 Å². The molecule has 0 spiro atoms. The topological polar surface area (TPSA) is 105 Å². The van der Waals surface area contributed by atoms with Gasteiger partial charge in [0.15, 0.2) is 6.10 Å². The maximum Gasteiger partial charge on any atom is 0.334 e. The summed E-state index contributed by atoms with van der Waals surface area (Å²) in [7, 11) is 1.22. The highest BCUT2D eigenvalue weighted by Gasteiger charge is 2.22. The molecule has 0 aliphatic rings. The molecule has 23 heavy (non-hydrogen) atoms. The first-order valence-electron chi connectivity index (χ1n) is 6.56. The van der Waals surface area contributed by atoms with Crippen LogP contribution in [0, 0.1) is 0 Å². The Hall–Kier alpha value is -1.83. The zero-order chi connectivity index (χ0) is 17.6. The molecule has 7 nitrogen and oxygen atoms in total. The zero-order valence-corrected chi connectivity index (χ0v) is 13.9. The van der Waals surface area contributed by atoms with Gasteiger partial charge in [0, 0.05) is 7.11 Å². The zero-order valence-electron chi connectivity index (χ0n) is 12.4. The molecule has 0 bridgehead atoms. The molecule has 3 N–H and O–H groups in total. The molecule has 1 rings (SSSR count). The predicted octanol–water partition coefficient (Wildman–Crippen LogP) is 1.33. The molecule has 9 heteroatoms. The summed E-state index contributed by atoms with van der Waals surface area (Å²) >= 11 is 11.8. The molecule has 1 aromatic rings. The van der Waals surface area contributed by atoms with Gasteiger partial charge < -0.3 is 20.5 Å². The lowest BCUT2D eigenvalue weighted by atomic mass is 10.2. The first-order valence-corrected chi connectivity index (χ1v) is 7.31. The SMILES string of the molecule is COC(CNC(=O)C(C)NC(=O)c1cccc(Cl)c1Cl)C(=O)O. The predicted molar refractivity (Wildman–Crippen MR) is 84.8 cm³/mol. The maximum atomic E-state index is 12.1. The Morgan fingerprint density at radius 3 is 2.52 bits per heavy atom. The molecule has 0 fully saturated rings. The molecule has 0 radical (unpaired) electrons. The Kier molecular flexibility index (Phi) is 7.28. The fourth-order valence-corrected chi connectivity index (χ4v) is 2.02. The number of benzene rings is 1. The summed E-state index contributed by atoms with van der Waals surface area (Å²) in [5, 5.41) is 13.9. The fraction of sp³-hybridized carbons (Fsp3) is 0.357. The number of ether oxygens (including phenoxy) is 1. The van der Waals surface area contributed by atoms with Crippen molar-refractivity contribution in [3.63, 3.8) is 0 Å². The van der Waals surface area contributed by atoms with E-state index in [1.54, 1.807) is 6.07 Å². The van der Waals surface area contributed by atoms with Gasteiger partial charge in [0.1, 0.15) is 6.04 Å². The smallest absolute Gasteiger partial charge is 0.334 e. The normalized spacial score (nSPS) is 13.0. The van der Waals surface area contributed by atoms with E-state index in [0.717, 1.165) is 0 Å². The summed E-state index contributed by atoms with van der Waals surface area (Å²) in [6, 6.07) is 3.67. The van der Waals surface area contributed by atoms with Crippen LogP contribution in [0.4, 0.5) is 0 Å². The molecule has 0 saturated heterocycles. The van der Waals surface area contributed by atoms with E-state index in [2.05, 4.69) is 15.4 Å². The molecule has 2 amide bonds. The third-order valence-electron chi connectivity index (χ3n) is 2.96. The number of amides is 2. The summed E-state index contributed by atoms with van der Waals surface area (Å²) in [5.74, 6) is -2.32. The molecule has 0 aliphatic heterocycles. The standard InChI is InChI=1S/C14H16Cl2N2O5/c1-7(12(19)17-6-10(23-2)14(21)22)18-13(20)8-4-3-5-9(15)11(8)16/h3-5,7,10H,6H2,1-2H3,(H,17,19)(H,18,20)(H,21,22). The van der Waals surface area contributed by atoms with E-state index < -0.39 is 29.9 Å². The Morgan fingerprint density at radius 2 is 1.96 bits per heavy atom. The molecule has 0 saturated carbocycles. The fourth-order valence-electron chi connectivity index (χ4n) is 1.64. The van der Waals surface area contributed by atoms with E-state index in [4.69, 9.17) is 28.3 Å². The van der Waals surface area contributed by atoms with Crippen molar-refractivity contribution in [3.05, 3.63) is 33.8 Å². The average molecular weight is 363 g/mol. The van der Waals surface area contributed by atoms with Gasteiger partial charge in [0.05, 0.1) is 22.2 Å². The Labute approximate surface area is 142 Å². The second-order valence-corrected chi connectivity index (χ2v) is 5.39. The van der Waals surface area contributed by atoms with E-state index >= 15 is 0 Å². The van der Waals surface area contributed by atoms with Crippen LogP contribution in [0.25, 0.3) is 0 Å². The summed E-state index contributed by atoms with van der Waals surface area (Å²) in [4.78, 5) is 34.7. The number of hydrogen-bond donors (Lipinski definition) is 3. The number of hydrogen-bond acceptors (Lipinski definition) is 4. The van der Waals surface area contributed by atoms with Crippen molar-refractivity contribution in [2.75, 3.05) is 13.7 Å². The molecule has 0 heterocycles. The van der Waals surface area contributed by atoms with Crippen LogP contribution in [0.5, 0.6) is 0 Å². The number of carbonyl (C=O) groups is 3. The highest BCUT2D eigenvalue weighted by Crippen LogP contribution is 2.25. The second kappa shape index (κ2) is 8.71. The quantitative estimate of drug-likeness (QED) is 0.678. The van der Waals surface area contributed by atoms with Crippen LogP contribution in [0.15, 0.2) is 18.2 Å². The molecular weight excluding hydrogens is 347 g/mol. The van der Waals surface area contributed by atoms with Gasteiger partial charge in [-0.15, -0.1) is 0 Å². The summed E-state index contributed by atoms with van der Waals surface area (Å²) in [5.41, 5.74) is 0.138. The van der Waals surface area contributed by atoms with Crippen molar-refractivity contribution in [1.82, 2.24) is 10.6 Å². The average Bonchev–Trinajstić information content (AvgIpc) is 2.49. The van der Waals surface area contributed by atoms with Crippen molar-refractivity contribution < 1.29 is 24.2 Å². The number of aliphatic carboxylic acids is 1. The van der Waals surface area contributed by atoms with Gasteiger partial charge in [-0.1, -0.05) is 29.3 Å². The lowest BCUT2D eigenvalue weighted by Gasteiger charge is -2.16. The van der Waals surface area contributed by atoms with Crippen molar-refractivity contribution in [1.29, 1.82) is 0 Å². The van der Waals surface area contributed by atoms with Crippen LogP contribution >= 0.6 is 23.2 Å². The van der Waals surface area contributed by atoms with Crippen molar-refractivity contribution in [2.45, 2.75) is 19.1 Å². The van der Waals surface area contributed by atoms with Crippen molar-refractivity contribution >= 4 is 41.0 Å². The minimum absolute atomic E-state index is 0.0876. The maximum absolute atomic E-state index is 12.1. The minimum Gasteiger partial charge on any atom is -0.479 e. The van der Waals surface area contributed by atoms with Crippen LogP contribution in [-0.4, -0.2) is 48.7 Å². The van der Waals surface area contributed by atoms with Crippen LogP contribution in [0.2, 0.25) is 10.0 Å². The Bertz CT molecular complexity index is 609. The number of nitrogens with one attached hydrogen (secondary N) is 2. The molecule has 0 aromatic heterocycles. The first-order chi connectivity index (χ1) is 10.8. The van der Waals surface area contributed by atoms with Gasteiger partial charge in [-0.3, -0.25) is 9.59 Å². The number of methoxy groups -OCH3 is 1. The van der Waals surface area contributed by atoms with Crippen LogP contribution in [0.1, 0.15) is 17.3 Å². The summed E-state index contributed by atoms with van der Waals surface area (Å²) < 4.78 is 4.69. The molecule has 2 unspecified atom stereocenters. The van der Waals surface area contributed by atoms with Gasteiger partial charge in [-0.2, -0.15) is 0 Å². The summed E-state index contributed by atoms with van der Waals surface area (Å²) in [6.07, 6.45) is -1.16. The molecular formula is C14H16Cl2N2O5. The van der Waals surface area contributed by atoms with Crippen molar-refractivity contribution in [2.24, 2.45) is 0 Å². The third-order valence-corrected chi connectivity index (χ3v) is 3.78. The van der Waals surface area contributed by atoms with E-state index in [0.29, 0.717) is 0 Å². The van der Waals surface area contributed by atoms with Gasteiger partial charge in [-0.25, -0.2) is 4.79 Å². The highest BCUT2D eigenvalue weighted by molar-refractivity contribution is 6.43. The largest absolute Gasteiger partial charge is 0.479 e. The Morgan fingerprint density at radius 1 is 1.30 bits per heavy atom. The van der Waals surface area contributed by atoms with E-state index in [1.807, 2.05) is 0 Å². The van der Waals surface area contributed by atoms with Gasteiger partial charge in [0.25, 0.3) is 5.91 Å². The molecule has 126 valence electrons. The van der Waals surface area contributed by atoms with Gasteiger partial charge in [-0.05, 0) is 19.1 Å². The number of carboxylic acid groups (broad SMARTS) is 1. The number of carbonyl (C=O) groups excluding carboxylic acids is 2. The first kappa shape index (κ1) is 19.2. The number of rotatable bonds is 7. The lowest BCUT2D eigenvalue weighted by molar-refractivity contribution is -0.148. The second-order valence-electron chi connectivity index (χ2n) is 4.60. The molecule has 0 aliphatic carbocycles. The van der Waals surface area contributed by atoms with Gasteiger partial charge in [0.2, 0.25) is 5.91 Å². The number of halogens is 2.